The third-order valence-corrected chi connectivity index (χ3v) is 3.32. The summed E-state index contributed by atoms with van der Waals surface area (Å²) < 4.78 is 0. The molecule has 0 aromatic carbocycles. The van der Waals surface area contributed by atoms with Crippen LogP contribution in [0.4, 0.5) is 4.79 Å². The Kier molecular flexibility index (Phi) is 5.60. The Hall–Kier alpha value is -0.770. The third-order valence-electron chi connectivity index (χ3n) is 3.32. The van der Waals surface area contributed by atoms with E-state index in [4.69, 9.17) is 0 Å². The minimum atomic E-state index is 0.214. The van der Waals surface area contributed by atoms with Crippen LogP contribution < -0.4 is 5.32 Å². The van der Waals surface area contributed by atoms with Crippen LogP contribution in [-0.2, 0) is 0 Å². The summed E-state index contributed by atoms with van der Waals surface area (Å²) in [6.07, 6.45) is 2.38. The van der Waals surface area contributed by atoms with Gasteiger partial charge in [0, 0.05) is 26.2 Å². The van der Waals surface area contributed by atoms with Crippen molar-refractivity contribution in [1.82, 2.24) is 15.1 Å². The SMILES string of the molecule is CCN(CC)C(=O)N1CCCC(CNC)C1. The number of hydrogen-bond donors (Lipinski definition) is 1. The third kappa shape index (κ3) is 3.37. The number of nitrogens with zero attached hydrogens (tertiary/aromatic N) is 2. The summed E-state index contributed by atoms with van der Waals surface area (Å²) in [6.45, 7) is 8.55. The summed E-state index contributed by atoms with van der Waals surface area (Å²) in [5.74, 6) is 0.623. The van der Waals surface area contributed by atoms with Crippen molar-refractivity contribution in [2.45, 2.75) is 26.7 Å². The number of carbonyl (C=O) groups excluding carboxylic acids is 1. The molecule has 16 heavy (non-hydrogen) atoms. The molecule has 0 aliphatic carbocycles. The molecule has 2 amide bonds. The Morgan fingerprint density at radius 3 is 2.69 bits per heavy atom. The predicted octanol–water partition coefficient (Wildman–Crippen LogP) is 1.38. The normalized spacial score (nSPS) is 20.9. The molecular weight excluding hydrogens is 202 g/mol. The Labute approximate surface area is 99.0 Å². The minimum absolute atomic E-state index is 0.214. The van der Waals surface area contributed by atoms with Gasteiger partial charge in [0.05, 0.1) is 0 Å². The van der Waals surface area contributed by atoms with E-state index in [1.807, 2.05) is 30.7 Å². The van der Waals surface area contributed by atoms with E-state index in [0.29, 0.717) is 5.92 Å². The fraction of sp³-hybridized carbons (Fsp3) is 0.917. The molecule has 1 atom stereocenters. The van der Waals surface area contributed by atoms with E-state index >= 15 is 0 Å². The molecule has 94 valence electrons. The highest BCUT2D eigenvalue weighted by atomic mass is 16.2. The molecule has 1 saturated heterocycles. The summed E-state index contributed by atoms with van der Waals surface area (Å²) in [6, 6.07) is 0.214. The van der Waals surface area contributed by atoms with Crippen molar-refractivity contribution in [3.8, 4) is 0 Å². The molecule has 4 nitrogen and oxygen atoms in total. The molecule has 0 spiro atoms. The van der Waals surface area contributed by atoms with Gasteiger partial charge in [0.15, 0.2) is 0 Å². The number of likely N-dealkylation sites (tertiary alicyclic amines) is 1. The number of nitrogens with one attached hydrogen (secondary N) is 1. The summed E-state index contributed by atoms with van der Waals surface area (Å²) in [4.78, 5) is 16.1. The molecule has 1 rings (SSSR count). The van der Waals surface area contributed by atoms with Crippen molar-refractivity contribution in [3.05, 3.63) is 0 Å². The quantitative estimate of drug-likeness (QED) is 0.787. The summed E-state index contributed by atoms with van der Waals surface area (Å²) in [7, 11) is 1.98. The van der Waals surface area contributed by atoms with Crippen LogP contribution in [0.15, 0.2) is 0 Å². The van der Waals surface area contributed by atoms with Crippen LogP contribution in [0.3, 0.4) is 0 Å². The van der Waals surface area contributed by atoms with Crippen LogP contribution in [0.5, 0.6) is 0 Å². The molecule has 1 fully saturated rings. The van der Waals surface area contributed by atoms with Crippen LogP contribution in [0.25, 0.3) is 0 Å². The number of hydrogen-bond acceptors (Lipinski definition) is 2. The number of urea groups is 1. The average molecular weight is 227 g/mol. The lowest BCUT2D eigenvalue weighted by Crippen LogP contribution is -2.48. The number of carbonyl (C=O) groups is 1. The van der Waals surface area contributed by atoms with E-state index in [2.05, 4.69) is 5.32 Å². The number of amides is 2. The molecule has 4 heteroatoms. The average Bonchev–Trinajstić information content (AvgIpc) is 2.31. The lowest BCUT2D eigenvalue weighted by molar-refractivity contribution is 0.131. The molecule has 0 bridgehead atoms. The summed E-state index contributed by atoms with van der Waals surface area (Å²) in [5, 5.41) is 3.20. The zero-order chi connectivity index (χ0) is 12.0. The fourth-order valence-corrected chi connectivity index (χ4v) is 2.39. The second-order valence-corrected chi connectivity index (χ2v) is 4.47. The predicted molar refractivity (Wildman–Crippen MR) is 66.5 cm³/mol. The van der Waals surface area contributed by atoms with Crippen LogP contribution >= 0.6 is 0 Å². The Morgan fingerprint density at radius 2 is 2.12 bits per heavy atom. The van der Waals surface area contributed by atoms with Gasteiger partial charge in [-0.25, -0.2) is 4.79 Å². The van der Waals surface area contributed by atoms with Crippen molar-refractivity contribution in [2.24, 2.45) is 5.92 Å². The first kappa shape index (κ1) is 13.3. The molecule has 0 saturated carbocycles. The highest BCUT2D eigenvalue weighted by Crippen LogP contribution is 2.17. The van der Waals surface area contributed by atoms with Gasteiger partial charge in [-0.3, -0.25) is 0 Å². The maximum absolute atomic E-state index is 12.1. The van der Waals surface area contributed by atoms with Gasteiger partial charge in [0.1, 0.15) is 0 Å². The van der Waals surface area contributed by atoms with Gasteiger partial charge in [-0.05, 0) is 46.2 Å². The largest absolute Gasteiger partial charge is 0.325 e. The van der Waals surface area contributed by atoms with Gasteiger partial charge in [-0.15, -0.1) is 0 Å². The standard InChI is InChI=1S/C12H25N3O/c1-4-14(5-2)12(16)15-8-6-7-11(10-15)9-13-3/h11,13H,4-10H2,1-3H3. The van der Waals surface area contributed by atoms with E-state index in [1.54, 1.807) is 0 Å². The molecule has 0 radical (unpaired) electrons. The van der Waals surface area contributed by atoms with E-state index in [9.17, 15) is 4.79 Å². The van der Waals surface area contributed by atoms with Crippen LogP contribution in [0.2, 0.25) is 0 Å². The van der Waals surface area contributed by atoms with Gasteiger partial charge < -0.3 is 15.1 Å². The summed E-state index contributed by atoms with van der Waals surface area (Å²) >= 11 is 0. The van der Waals surface area contributed by atoms with Crippen LogP contribution in [0.1, 0.15) is 26.7 Å². The first-order chi connectivity index (χ1) is 7.72. The fourth-order valence-electron chi connectivity index (χ4n) is 2.39. The maximum Gasteiger partial charge on any atom is 0.319 e. The zero-order valence-electron chi connectivity index (χ0n) is 10.8. The Balaban J connectivity index is 2.49. The van der Waals surface area contributed by atoms with Gasteiger partial charge in [-0.1, -0.05) is 0 Å². The van der Waals surface area contributed by atoms with E-state index in [1.165, 1.54) is 6.42 Å². The summed E-state index contributed by atoms with van der Waals surface area (Å²) in [5.41, 5.74) is 0. The molecule has 1 N–H and O–H groups in total. The molecule has 0 aromatic rings. The van der Waals surface area contributed by atoms with Gasteiger partial charge >= 0.3 is 6.03 Å². The van der Waals surface area contributed by atoms with E-state index < -0.39 is 0 Å². The van der Waals surface area contributed by atoms with Crippen molar-refractivity contribution >= 4 is 6.03 Å². The van der Waals surface area contributed by atoms with E-state index in [0.717, 1.165) is 39.1 Å². The molecular formula is C12H25N3O. The van der Waals surface area contributed by atoms with Gasteiger partial charge in [0.25, 0.3) is 0 Å². The van der Waals surface area contributed by atoms with E-state index in [-0.39, 0.29) is 6.03 Å². The lowest BCUT2D eigenvalue weighted by atomic mass is 9.98. The maximum atomic E-state index is 12.1. The first-order valence-electron chi connectivity index (χ1n) is 6.41. The minimum Gasteiger partial charge on any atom is -0.325 e. The topological polar surface area (TPSA) is 35.6 Å². The van der Waals surface area contributed by atoms with Crippen molar-refractivity contribution in [1.29, 1.82) is 0 Å². The van der Waals surface area contributed by atoms with Crippen molar-refractivity contribution < 1.29 is 4.79 Å². The zero-order valence-corrected chi connectivity index (χ0v) is 10.8. The van der Waals surface area contributed by atoms with Crippen molar-refractivity contribution in [2.75, 3.05) is 39.8 Å². The molecule has 0 aromatic heterocycles. The Morgan fingerprint density at radius 1 is 1.44 bits per heavy atom. The second-order valence-electron chi connectivity index (χ2n) is 4.47. The van der Waals surface area contributed by atoms with Crippen LogP contribution in [0, 0.1) is 5.92 Å². The number of piperidine rings is 1. The van der Waals surface area contributed by atoms with Crippen LogP contribution in [-0.4, -0.2) is 55.6 Å². The monoisotopic (exact) mass is 227 g/mol. The number of rotatable bonds is 4. The molecule has 1 heterocycles. The smallest absolute Gasteiger partial charge is 0.319 e. The Bertz CT molecular complexity index is 214. The molecule has 1 unspecified atom stereocenters. The molecule has 1 aliphatic heterocycles. The molecule has 1 aliphatic rings. The van der Waals surface area contributed by atoms with Gasteiger partial charge in [0.2, 0.25) is 0 Å². The highest BCUT2D eigenvalue weighted by molar-refractivity contribution is 5.74. The van der Waals surface area contributed by atoms with Gasteiger partial charge in [-0.2, -0.15) is 0 Å². The second kappa shape index (κ2) is 6.74. The first-order valence-corrected chi connectivity index (χ1v) is 6.41. The highest BCUT2D eigenvalue weighted by Gasteiger charge is 2.25. The lowest BCUT2D eigenvalue weighted by Gasteiger charge is -2.35. The van der Waals surface area contributed by atoms with Crippen molar-refractivity contribution in [3.63, 3.8) is 0 Å².